The van der Waals surface area contributed by atoms with Crippen molar-refractivity contribution >= 4 is 11.6 Å². The maximum Gasteiger partial charge on any atom is 0.222 e. The van der Waals surface area contributed by atoms with Gasteiger partial charge in [-0.15, -0.1) is 0 Å². The molecule has 0 spiro atoms. The van der Waals surface area contributed by atoms with Gasteiger partial charge in [0.2, 0.25) is 5.91 Å². The van der Waals surface area contributed by atoms with E-state index in [1.165, 1.54) is 23.3 Å². The second-order valence-electron chi connectivity index (χ2n) is 8.33. The number of halogens is 1. The lowest BCUT2D eigenvalue weighted by Gasteiger charge is -2.38. The van der Waals surface area contributed by atoms with Crippen molar-refractivity contribution in [2.75, 3.05) is 18.1 Å². The Balaban J connectivity index is 1.39. The SMILES string of the molecule is Cc1ccc(CN2c3ccc(F)cc3OC[C@H]2CC(=O)NCCCc2ccccc2)cc1. The molecule has 32 heavy (non-hydrogen) atoms. The Kier molecular flexibility index (Phi) is 7.05. The van der Waals surface area contributed by atoms with Gasteiger partial charge in [-0.1, -0.05) is 60.2 Å². The van der Waals surface area contributed by atoms with Crippen LogP contribution in [0.2, 0.25) is 0 Å². The third kappa shape index (κ3) is 5.67. The van der Waals surface area contributed by atoms with Gasteiger partial charge in [0.1, 0.15) is 18.2 Å². The van der Waals surface area contributed by atoms with Crippen molar-refractivity contribution in [1.29, 1.82) is 0 Å². The summed E-state index contributed by atoms with van der Waals surface area (Å²) in [4.78, 5) is 14.8. The molecule has 1 heterocycles. The summed E-state index contributed by atoms with van der Waals surface area (Å²) in [5.41, 5.74) is 4.43. The second-order valence-corrected chi connectivity index (χ2v) is 8.33. The number of benzene rings is 3. The smallest absolute Gasteiger partial charge is 0.222 e. The number of hydrogen-bond donors (Lipinski definition) is 1. The molecule has 1 aliphatic heterocycles. The van der Waals surface area contributed by atoms with Gasteiger partial charge in [0.15, 0.2) is 0 Å². The molecule has 5 heteroatoms. The minimum Gasteiger partial charge on any atom is -0.489 e. The molecule has 0 aromatic heterocycles. The van der Waals surface area contributed by atoms with E-state index in [2.05, 4.69) is 53.5 Å². The molecule has 0 aliphatic carbocycles. The zero-order valence-corrected chi connectivity index (χ0v) is 18.4. The molecular weight excluding hydrogens is 403 g/mol. The highest BCUT2D eigenvalue weighted by molar-refractivity contribution is 5.77. The molecule has 1 aliphatic rings. The van der Waals surface area contributed by atoms with Crippen molar-refractivity contribution in [1.82, 2.24) is 5.32 Å². The Labute approximate surface area is 189 Å². The van der Waals surface area contributed by atoms with Crippen LogP contribution < -0.4 is 15.0 Å². The van der Waals surface area contributed by atoms with Crippen molar-refractivity contribution in [3.05, 3.63) is 95.3 Å². The number of nitrogens with one attached hydrogen (secondary N) is 1. The molecule has 166 valence electrons. The molecule has 0 saturated carbocycles. The Bertz CT molecular complexity index is 1040. The van der Waals surface area contributed by atoms with Crippen LogP contribution in [0.1, 0.15) is 29.5 Å². The van der Waals surface area contributed by atoms with Crippen LogP contribution in [0.15, 0.2) is 72.8 Å². The number of hydrogen-bond acceptors (Lipinski definition) is 3. The largest absolute Gasteiger partial charge is 0.489 e. The summed E-state index contributed by atoms with van der Waals surface area (Å²) < 4.78 is 19.6. The highest BCUT2D eigenvalue weighted by atomic mass is 19.1. The quantitative estimate of drug-likeness (QED) is 0.507. The van der Waals surface area contributed by atoms with E-state index in [0.717, 1.165) is 24.1 Å². The van der Waals surface area contributed by atoms with Gasteiger partial charge in [-0.25, -0.2) is 4.39 Å². The first kappa shape index (κ1) is 21.9. The van der Waals surface area contributed by atoms with Crippen LogP contribution in [-0.2, 0) is 17.8 Å². The van der Waals surface area contributed by atoms with Gasteiger partial charge in [0.05, 0.1) is 18.2 Å². The zero-order valence-electron chi connectivity index (χ0n) is 18.4. The number of anilines is 1. The van der Waals surface area contributed by atoms with Crippen LogP contribution in [0.5, 0.6) is 5.75 Å². The number of ether oxygens (including phenoxy) is 1. The van der Waals surface area contributed by atoms with Crippen molar-refractivity contribution in [2.45, 2.75) is 38.8 Å². The molecule has 0 unspecified atom stereocenters. The second kappa shape index (κ2) is 10.3. The van der Waals surface area contributed by atoms with E-state index < -0.39 is 0 Å². The van der Waals surface area contributed by atoms with Gasteiger partial charge in [-0.05, 0) is 43.0 Å². The van der Waals surface area contributed by atoms with Crippen molar-refractivity contribution in [3.63, 3.8) is 0 Å². The number of carbonyl (C=O) groups is 1. The Morgan fingerprint density at radius 2 is 1.84 bits per heavy atom. The third-order valence-electron chi connectivity index (χ3n) is 5.81. The van der Waals surface area contributed by atoms with E-state index in [0.29, 0.717) is 31.9 Å². The van der Waals surface area contributed by atoms with Gasteiger partial charge < -0.3 is 15.0 Å². The van der Waals surface area contributed by atoms with Crippen LogP contribution in [0.25, 0.3) is 0 Å². The summed E-state index contributed by atoms with van der Waals surface area (Å²) in [7, 11) is 0. The van der Waals surface area contributed by atoms with Crippen LogP contribution in [-0.4, -0.2) is 25.1 Å². The molecule has 0 radical (unpaired) electrons. The fourth-order valence-corrected chi connectivity index (χ4v) is 4.04. The first-order valence-electron chi connectivity index (χ1n) is 11.1. The van der Waals surface area contributed by atoms with Crippen LogP contribution in [0.3, 0.4) is 0 Å². The monoisotopic (exact) mass is 432 g/mol. The summed E-state index contributed by atoms with van der Waals surface area (Å²) >= 11 is 0. The normalized spacial score (nSPS) is 15.1. The van der Waals surface area contributed by atoms with E-state index in [1.807, 2.05) is 18.2 Å². The van der Waals surface area contributed by atoms with Gasteiger partial charge in [0, 0.05) is 19.2 Å². The molecule has 1 N–H and O–H groups in total. The number of carbonyl (C=O) groups excluding carboxylic acids is 1. The van der Waals surface area contributed by atoms with E-state index >= 15 is 0 Å². The lowest BCUT2D eigenvalue weighted by Crippen LogP contribution is -2.45. The molecule has 3 aromatic rings. The predicted octanol–water partition coefficient (Wildman–Crippen LogP) is 5.04. The summed E-state index contributed by atoms with van der Waals surface area (Å²) in [6.45, 7) is 3.68. The minimum absolute atomic E-state index is 0.00568. The highest BCUT2D eigenvalue weighted by Crippen LogP contribution is 2.36. The van der Waals surface area contributed by atoms with E-state index in [-0.39, 0.29) is 17.8 Å². The first-order valence-corrected chi connectivity index (χ1v) is 11.1. The highest BCUT2D eigenvalue weighted by Gasteiger charge is 2.29. The van der Waals surface area contributed by atoms with Gasteiger partial charge in [-0.3, -0.25) is 4.79 Å². The first-order chi connectivity index (χ1) is 15.6. The predicted molar refractivity (Wildman–Crippen MR) is 125 cm³/mol. The van der Waals surface area contributed by atoms with Crippen molar-refractivity contribution in [2.24, 2.45) is 0 Å². The molecule has 0 fully saturated rings. The summed E-state index contributed by atoms with van der Waals surface area (Å²) in [6.07, 6.45) is 2.16. The van der Waals surface area contributed by atoms with Gasteiger partial charge in [-0.2, -0.15) is 0 Å². The molecule has 4 nitrogen and oxygen atoms in total. The van der Waals surface area contributed by atoms with E-state index in [4.69, 9.17) is 4.74 Å². The number of rotatable bonds is 8. The topological polar surface area (TPSA) is 41.6 Å². The minimum atomic E-state index is -0.325. The number of amides is 1. The Morgan fingerprint density at radius 3 is 2.62 bits per heavy atom. The summed E-state index contributed by atoms with van der Waals surface area (Å²) in [6, 6.07) is 23.1. The molecule has 1 amide bonds. The average Bonchev–Trinajstić information content (AvgIpc) is 2.80. The van der Waals surface area contributed by atoms with Crippen LogP contribution in [0.4, 0.5) is 10.1 Å². The van der Waals surface area contributed by atoms with Crippen LogP contribution >= 0.6 is 0 Å². The van der Waals surface area contributed by atoms with Crippen molar-refractivity contribution < 1.29 is 13.9 Å². The molecular formula is C27H29FN2O2. The fraction of sp³-hybridized carbons (Fsp3) is 0.296. The van der Waals surface area contributed by atoms with E-state index in [1.54, 1.807) is 6.07 Å². The summed E-state index contributed by atoms with van der Waals surface area (Å²) in [5, 5.41) is 3.04. The number of nitrogens with zero attached hydrogens (tertiary/aromatic N) is 1. The third-order valence-corrected chi connectivity index (χ3v) is 5.81. The summed E-state index contributed by atoms with van der Waals surface area (Å²) in [5.74, 6) is 0.205. The van der Waals surface area contributed by atoms with Gasteiger partial charge >= 0.3 is 0 Å². The fourth-order valence-electron chi connectivity index (χ4n) is 4.04. The standard InChI is InChI=1S/C27H29FN2O2/c1-20-9-11-22(12-10-20)18-30-24(19-32-26-16-23(28)13-14-25(26)30)17-27(31)29-15-5-8-21-6-3-2-4-7-21/h2-4,6-7,9-14,16,24H,5,8,15,17-19H2,1H3,(H,29,31)/t24-/m1/s1. The number of fused-ring (bicyclic) bond motifs is 1. The lowest BCUT2D eigenvalue weighted by molar-refractivity contribution is -0.121. The van der Waals surface area contributed by atoms with Crippen LogP contribution in [0, 0.1) is 12.7 Å². The Morgan fingerprint density at radius 1 is 1.06 bits per heavy atom. The maximum atomic E-state index is 13.7. The average molecular weight is 433 g/mol. The van der Waals surface area contributed by atoms with Crippen molar-refractivity contribution in [3.8, 4) is 5.75 Å². The molecule has 3 aromatic carbocycles. The molecule has 1 atom stereocenters. The van der Waals surface area contributed by atoms with Gasteiger partial charge in [0.25, 0.3) is 0 Å². The van der Waals surface area contributed by atoms with E-state index in [9.17, 15) is 9.18 Å². The Hall–Kier alpha value is -3.34. The lowest BCUT2D eigenvalue weighted by atomic mass is 10.1. The maximum absolute atomic E-state index is 13.7. The molecule has 0 bridgehead atoms. The molecule has 0 saturated heterocycles. The zero-order chi connectivity index (χ0) is 22.3. The molecule has 4 rings (SSSR count). The number of aryl methyl sites for hydroxylation is 2.